The maximum atomic E-state index is 12.0. The molecule has 0 aliphatic carbocycles. The highest BCUT2D eigenvalue weighted by molar-refractivity contribution is 7.94. The Kier molecular flexibility index (Phi) is 3.26. The zero-order valence-electron chi connectivity index (χ0n) is 10.1. The Morgan fingerprint density at radius 1 is 1.28 bits per heavy atom. The molecule has 0 bridgehead atoms. The molecule has 18 heavy (non-hydrogen) atoms. The van der Waals surface area contributed by atoms with Crippen molar-refractivity contribution in [3.8, 4) is 0 Å². The van der Waals surface area contributed by atoms with Gasteiger partial charge in [0.2, 0.25) is 5.91 Å². The zero-order chi connectivity index (χ0) is 13.2. The second kappa shape index (κ2) is 4.57. The Bertz CT molecular complexity index is 578. The summed E-state index contributed by atoms with van der Waals surface area (Å²) in [6.45, 7) is 1.81. The van der Waals surface area contributed by atoms with E-state index < -0.39 is 15.4 Å². The first-order chi connectivity index (χ1) is 8.41. The fourth-order valence-corrected chi connectivity index (χ4v) is 3.04. The third kappa shape index (κ3) is 2.79. The first kappa shape index (κ1) is 12.8. The molecule has 1 aliphatic rings. The molecule has 1 aromatic carbocycles. The molecule has 96 valence electrons. The summed E-state index contributed by atoms with van der Waals surface area (Å²) in [6, 6.07) is 8.23. The lowest BCUT2D eigenvalue weighted by Crippen LogP contribution is -2.36. The van der Waals surface area contributed by atoms with Gasteiger partial charge >= 0.3 is 0 Å². The smallest absolute Gasteiger partial charge is 0.220 e. The molecule has 0 aromatic heterocycles. The van der Waals surface area contributed by atoms with E-state index in [0.717, 1.165) is 0 Å². The second-order valence-electron chi connectivity index (χ2n) is 4.63. The van der Waals surface area contributed by atoms with Gasteiger partial charge in [0.15, 0.2) is 9.84 Å². The third-order valence-corrected chi connectivity index (χ3v) is 4.41. The number of sulfone groups is 1. The Labute approximate surface area is 107 Å². The Balaban J connectivity index is 2.21. The average Bonchev–Trinajstić information content (AvgIpc) is 2.69. The van der Waals surface area contributed by atoms with Crippen LogP contribution in [0.25, 0.3) is 0 Å². The van der Waals surface area contributed by atoms with Crippen LogP contribution in [0, 0.1) is 0 Å². The summed E-state index contributed by atoms with van der Waals surface area (Å²) in [5.41, 5.74) is -0.557. The first-order valence-corrected chi connectivity index (χ1v) is 7.26. The molecule has 0 spiro atoms. The van der Waals surface area contributed by atoms with E-state index in [0.29, 0.717) is 12.8 Å². The number of carbonyl (C=O) groups is 1. The van der Waals surface area contributed by atoms with Crippen LogP contribution in [0.15, 0.2) is 46.7 Å². The van der Waals surface area contributed by atoms with E-state index >= 15 is 0 Å². The summed E-state index contributed by atoms with van der Waals surface area (Å²) in [5.74, 6) is -0.0424. The highest BCUT2D eigenvalue weighted by atomic mass is 32.2. The lowest BCUT2D eigenvalue weighted by atomic mass is 10.0. The predicted octanol–water partition coefficient (Wildman–Crippen LogP) is 1.64. The number of benzene rings is 1. The van der Waals surface area contributed by atoms with Crippen LogP contribution >= 0.6 is 0 Å². The SMILES string of the molecule is CC1(/C=C/S(=O)(=O)c2ccccc2)CCC(=O)N1. The van der Waals surface area contributed by atoms with Crippen molar-refractivity contribution in [3.05, 3.63) is 41.8 Å². The highest BCUT2D eigenvalue weighted by Gasteiger charge is 2.30. The molecule has 1 saturated heterocycles. The van der Waals surface area contributed by atoms with Crippen LogP contribution in [-0.2, 0) is 14.6 Å². The maximum Gasteiger partial charge on any atom is 0.220 e. The Morgan fingerprint density at radius 3 is 2.50 bits per heavy atom. The fourth-order valence-electron chi connectivity index (χ4n) is 1.87. The monoisotopic (exact) mass is 265 g/mol. The first-order valence-electron chi connectivity index (χ1n) is 5.72. The van der Waals surface area contributed by atoms with Crippen molar-refractivity contribution in [2.24, 2.45) is 0 Å². The van der Waals surface area contributed by atoms with Gasteiger partial charge in [-0.2, -0.15) is 0 Å². The topological polar surface area (TPSA) is 63.2 Å². The summed E-state index contributed by atoms with van der Waals surface area (Å²) >= 11 is 0. The normalized spacial score (nSPS) is 24.4. The second-order valence-corrected chi connectivity index (χ2v) is 6.46. The van der Waals surface area contributed by atoms with Crippen LogP contribution in [0.3, 0.4) is 0 Å². The zero-order valence-corrected chi connectivity index (χ0v) is 10.9. The van der Waals surface area contributed by atoms with Gasteiger partial charge in [0, 0.05) is 11.8 Å². The molecule has 5 heteroatoms. The molecule has 2 rings (SSSR count). The predicted molar refractivity (Wildman–Crippen MR) is 68.5 cm³/mol. The van der Waals surface area contributed by atoms with Gasteiger partial charge in [-0.1, -0.05) is 18.2 Å². The Hall–Kier alpha value is -1.62. The van der Waals surface area contributed by atoms with E-state index in [1.807, 2.05) is 6.92 Å². The number of carbonyl (C=O) groups excluding carboxylic acids is 1. The minimum Gasteiger partial charge on any atom is -0.347 e. The number of amides is 1. The highest BCUT2D eigenvalue weighted by Crippen LogP contribution is 2.22. The van der Waals surface area contributed by atoms with Crippen molar-refractivity contribution in [1.82, 2.24) is 5.32 Å². The van der Waals surface area contributed by atoms with Crippen molar-refractivity contribution in [1.29, 1.82) is 0 Å². The molecule has 1 N–H and O–H groups in total. The largest absolute Gasteiger partial charge is 0.347 e. The van der Waals surface area contributed by atoms with Crippen LogP contribution < -0.4 is 5.32 Å². The third-order valence-electron chi connectivity index (χ3n) is 2.98. The summed E-state index contributed by atoms with van der Waals surface area (Å²) in [7, 11) is -3.44. The lowest BCUT2D eigenvalue weighted by molar-refractivity contribution is -0.119. The lowest BCUT2D eigenvalue weighted by Gasteiger charge is -2.18. The molecule has 1 unspecified atom stereocenters. The van der Waals surface area contributed by atoms with Crippen LogP contribution in [0.5, 0.6) is 0 Å². The molecule has 4 nitrogen and oxygen atoms in total. The number of nitrogens with one attached hydrogen (secondary N) is 1. The molecule has 1 heterocycles. The van der Waals surface area contributed by atoms with Gasteiger partial charge in [-0.3, -0.25) is 4.79 Å². The maximum absolute atomic E-state index is 12.0. The van der Waals surface area contributed by atoms with E-state index in [1.165, 1.54) is 5.41 Å². The molecule has 1 atom stereocenters. The molecule has 1 aliphatic heterocycles. The van der Waals surface area contributed by atoms with E-state index in [1.54, 1.807) is 36.4 Å². The van der Waals surface area contributed by atoms with Crippen LogP contribution in [0.1, 0.15) is 19.8 Å². The van der Waals surface area contributed by atoms with E-state index in [4.69, 9.17) is 0 Å². The summed E-state index contributed by atoms with van der Waals surface area (Å²) in [4.78, 5) is 11.4. The van der Waals surface area contributed by atoms with Gasteiger partial charge in [0.05, 0.1) is 10.4 Å². The standard InChI is InChI=1S/C13H15NO3S/c1-13(8-7-12(15)14-13)9-10-18(16,17)11-5-3-2-4-6-11/h2-6,9-10H,7-8H2,1H3,(H,14,15)/b10-9+. The number of rotatable bonds is 3. The van der Waals surface area contributed by atoms with Crippen molar-refractivity contribution in [2.75, 3.05) is 0 Å². The van der Waals surface area contributed by atoms with Gasteiger partial charge in [-0.25, -0.2) is 8.42 Å². The molecule has 1 amide bonds. The average molecular weight is 265 g/mol. The van der Waals surface area contributed by atoms with Crippen LogP contribution in [-0.4, -0.2) is 19.9 Å². The van der Waals surface area contributed by atoms with Gasteiger partial charge < -0.3 is 5.32 Å². The quantitative estimate of drug-likeness (QED) is 0.903. The van der Waals surface area contributed by atoms with E-state index in [-0.39, 0.29) is 10.8 Å². The number of hydrogen-bond acceptors (Lipinski definition) is 3. The summed E-state index contributed by atoms with van der Waals surface area (Å²) < 4.78 is 24.0. The van der Waals surface area contributed by atoms with Crippen LogP contribution in [0.2, 0.25) is 0 Å². The molecular weight excluding hydrogens is 250 g/mol. The van der Waals surface area contributed by atoms with Crippen molar-refractivity contribution in [3.63, 3.8) is 0 Å². The molecule has 0 saturated carbocycles. The molecule has 0 radical (unpaired) electrons. The number of hydrogen-bond donors (Lipinski definition) is 1. The fraction of sp³-hybridized carbons (Fsp3) is 0.308. The van der Waals surface area contributed by atoms with Gasteiger partial charge in [-0.15, -0.1) is 0 Å². The van der Waals surface area contributed by atoms with Crippen molar-refractivity contribution in [2.45, 2.75) is 30.2 Å². The van der Waals surface area contributed by atoms with E-state index in [9.17, 15) is 13.2 Å². The molecule has 1 aromatic rings. The summed E-state index contributed by atoms with van der Waals surface area (Å²) in [5, 5.41) is 3.94. The minimum absolute atomic E-state index is 0.0424. The summed E-state index contributed by atoms with van der Waals surface area (Å²) in [6.07, 6.45) is 2.61. The molecular formula is C13H15NO3S. The van der Waals surface area contributed by atoms with Crippen molar-refractivity contribution < 1.29 is 13.2 Å². The van der Waals surface area contributed by atoms with Gasteiger partial charge in [0.25, 0.3) is 0 Å². The van der Waals surface area contributed by atoms with E-state index in [2.05, 4.69) is 5.32 Å². The van der Waals surface area contributed by atoms with Crippen LogP contribution in [0.4, 0.5) is 0 Å². The molecule has 1 fully saturated rings. The van der Waals surface area contributed by atoms with Gasteiger partial charge in [-0.05, 0) is 31.6 Å². The minimum atomic E-state index is -3.44. The van der Waals surface area contributed by atoms with Gasteiger partial charge in [0.1, 0.15) is 0 Å². The van der Waals surface area contributed by atoms with Crippen molar-refractivity contribution >= 4 is 15.7 Å². The Morgan fingerprint density at radius 2 is 1.94 bits per heavy atom.